The van der Waals surface area contributed by atoms with Gasteiger partial charge in [-0.05, 0) is 43.5 Å². The van der Waals surface area contributed by atoms with E-state index in [0.29, 0.717) is 6.04 Å². The number of hydrogen-bond acceptors (Lipinski definition) is 2. The molecule has 1 N–H and O–H groups in total. The first-order valence-corrected chi connectivity index (χ1v) is 8.90. The largest absolute Gasteiger partial charge is 0.315 e. The second kappa shape index (κ2) is 7.32. The molecule has 3 rings (SSSR count). The van der Waals surface area contributed by atoms with Crippen molar-refractivity contribution in [2.75, 3.05) is 13.1 Å². The number of rotatable bonds is 4. The number of benzene rings is 1. The zero-order chi connectivity index (χ0) is 14.7. The van der Waals surface area contributed by atoms with E-state index in [1.54, 1.807) is 0 Å². The first-order valence-electron chi connectivity index (χ1n) is 8.14. The van der Waals surface area contributed by atoms with Crippen molar-refractivity contribution in [2.45, 2.75) is 57.2 Å². The molecule has 2 nitrogen and oxygen atoms in total. The summed E-state index contributed by atoms with van der Waals surface area (Å²) in [6.45, 7) is 3.21. The van der Waals surface area contributed by atoms with E-state index in [9.17, 15) is 0 Å². The summed E-state index contributed by atoms with van der Waals surface area (Å²) in [6.07, 6.45) is 8.06. The molecule has 116 valence electrons. The molecule has 1 saturated carbocycles. The van der Waals surface area contributed by atoms with Gasteiger partial charge in [-0.1, -0.05) is 48.5 Å². The highest BCUT2D eigenvalue weighted by Gasteiger charge is 2.29. The van der Waals surface area contributed by atoms with Crippen molar-refractivity contribution in [3.05, 3.63) is 33.8 Å². The Kier molecular flexibility index (Phi) is 5.44. The maximum atomic E-state index is 6.39. The molecule has 1 aliphatic heterocycles. The Bertz CT molecular complexity index is 466. The van der Waals surface area contributed by atoms with Crippen LogP contribution in [0.15, 0.2) is 18.2 Å². The van der Waals surface area contributed by atoms with Crippen LogP contribution >= 0.6 is 23.2 Å². The highest BCUT2D eigenvalue weighted by atomic mass is 35.5. The molecule has 0 unspecified atom stereocenters. The van der Waals surface area contributed by atoms with Crippen molar-refractivity contribution < 1.29 is 0 Å². The van der Waals surface area contributed by atoms with E-state index in [1.807, 2.05) is 12.1 Å². The van der Waals surface area contributed by atoms with Gasteiger partial charge in [0.05, 0.1) is 0 Å². The lowest BCUT2D eigenvalue weighted by Crippen LogP contribution is -2.44. The van der Waals surface area contributed by atoms with E-state index in [4.69, 9.17) is 23.2 Å². The van der Waals surface area contributed by atoms with Gasteiger partial charge in [0.2, 0.25) is 0 Å². The van der Waals surface area contributed by atoms with E-state index in [2.05, 4.69) is 16.3 Å². The predicted molar refractivity (Wildman–Crippen MR) is 90.2 cm³/mol. The van der Waals surface area contributed by atoms with Crippen LogP contribution in [-0.4, -0.2) is 30.1 Å². The van der Waals surface area contributed by atoms with Gasteiger partial charge in [0.15, 0.2) is 0 Å². The van der Waals surface area contributed by atoms with Gasteiger partial charge in [-0.2, -0.15) is 0 Å². The first-order chi connectivity index (χ1) is 10.2. The zero-order valence-corrected chi connectivity index (χ0v) is 14.0. The highest BCUT2D eigenvalue weighted by molar-refractivity contribution is 6.35. The molecule has 1 aromatic carbocycles. The normalized spacial score (nSPS) is 23.9. The minimum Gasteiger partial charge on any atom is -0.315 e. The molecule has 4 heteroatoms. The molecule has 1 atom stereocenters. The van der Waals surface area contributed by atoms with E-state index in [-0.39, 0.29) is 0 Å². The van der Waals surface area contributed by atoms with Crippen molar-refractivity contribution in [3.8, 4) is 0 Å². The molecule has 0 radical (unpaired) electrons. The van der Waals surface area contributed by atoms with Crippen LogP contribution in [-0.2, 0) is 6.54 Å². The second-order valence-electron chi connectivity index (χ2n) is 6.35. The van der Waals surface area contributed by atoms with Crippen LogP contribution in [0.4, 0.5) is 0 Å². The summed E-state index contributed by atoms with van der Waals surface area (Å²) >= 11 is 12.4. The van der Waals surface area contributed by atoms with Crippen LogP contribution < -0.4 is 5.32 Å². The highest BCUT2D eigenvalue weighted by Crippen LogP contribution is 2.30. The average Bonchev–Trinajstić information content (AvgIpc) is 3.01. The van der Waals surface area contributed by atoms with Gasteiger partial charge in [0.1, 0.15) is 0 Å². The van der Waals surface area contributed by atoms with Crippen molar-refractivity contribution >= 4 is 23.2 Å². The standard InChI is InChI=1S/C17H24Cl2N2/c18-14-7-6-13(17(19)10-14)12-21(16-8-9-20-11-16)15-4-2-1-3-5-15/h6-7,10,15-16,20H,1-5,8-9,11-12H2/t16-/m0/s1. The fourth-order valence-corrected chi connectivity index (χ4v) is 4.21. The molecule has 1 aromatic rings. The van der Waals surface area contributed by atoms with Gasteiger partial charge in [-0.25, -0.2) is 0 Å². The van der Waals surface area contributed by atoms with E-state index >= 15 is 0 Å². The minimum atomic E-state index is 0.653. The SMILES string of the molecule is Clc1ccc(CN(C2CCCCC2)[C@H]2CCNC2)c(Cl)c1. The maximum Gasteiger partial charge on any atom is 0.0465 e. The molecule has 2 aliphatic rings. The summed E-state index contributed by atoms with van der Waals surface area (Å²) < 4.78 is 0. The fraction of sp³-hybridized carbons (Fsp3) is 0.647. The van der Waals surface area contributed by atoms with Gasteiger partial charge in [0.25, 0.3) is 0 Å². The van der Waals surface area contributed by atoms with Gasteiger partial charge in [-0.3, -0.25) is 4.90 Å². The molecule has 0 spiro atoms. The third-order valence-corrected chi connectivity index (χ3v) is 5.50. The summed E-state index contributed by atoms with van der Waals surface area (Å²) in [6, 6.07) is 7.28. The fourth-order valence-electron chi connectivity index (χ4n) is 3.74. The second-order valence-corrected chi connectivity index (χ2v) is 7.19. The lowest BCUT2D eigenvalue weighted by Gasteiger charge is -2.38. The lowest BCUT2D eigenvalue weighted by atomic mass is 9.92. The Morgan fingerprint density at radius 3 is 2.52 bits per heavy atom. The lowest BCUT2D eigenvalue weighted by molar-refractivity contribution is 0.104. The van der Waals surface area contributed by atoms with Crippen LogP contribution in [0.3, 0.4) is 0 Å². The van der Waals surface area contributed by atoms with E-state index in [1.165, 1.54) is 44.1 Å². The molecule has 0 aromatic heterocycles. The van der Waals surface area contributed by atoms with Crippen molar-refractivity contribution in [1.82, 2.24) is 10.2 Å². The maximum absolute atomic E-state index is 6.39. The summed E-state index contributed by atoms with van der Waals surface area (Å²) in [5.41, 5.74) is 1.21. The smallest absolute Gasteiger partial charge is 0.0465 e. The zero-order valence-electron chi connectivity index (χ0n) is 12.5. The molecule has 2 fully saturated rings. The molecule has 21 heavy (non-hydrogen) atoms. The summed E-state index contributed by atoms with van der Waals surface area (Å²) in [7, 11) is 0. The van der Waals surface area contributed by atoms with Crippen molar-refractivity contribution in [1.29, 1.82) is 0 Å². The van der Waals surface area contributed by atoms with Crippen molar-refractivity contribution in [2.24, 2.45) is 0 Å². The number of nitrogens with zero attached hydrogens (tertiary/aromatic N) is 1. The van der Waals surface area contributed by atoms with Crippen LogP contribution in [0.2, 0.25) is 10.0 Å². The summed E-state index contributed by atoms with van der Waals surface area (Å²) in [5.74, 6) is 0. The van der Waals surface area contributed by atoms with Gasteiger partial charge >= 0.3 is 0 Å². The Labute approximate surface area is 137 Å². The van der Waals surface area contributed by atoms with E-state index < -0.39 is 0 Å². The molecule has 1 saturated heterocycles. The topological polar surface area (TPSA) is 15.3 Å². The molecular formula is C17H24Cl2N2. The summed E-state index contributed by atoms with van der Waals surface area (Å²) in [5, 5.41) is 5.02. The first kappa shape index (κ1) is 15.6. The van der Waals surface area contributed by atoms with Crippen molar-refractivity contribution in [3.63, 3.8) is 0 Å². The Morgan fingerprint density at radius 2 is 1.86 bits per heavy atom. The minimum absolute atomic E-state index is 0.653. The Balaban J connectivity index is 1.77. The van der Waals surface area contributed by atoms with Gasteiger partial charge in [0, 0.05) is 35.2 Å². The Morgan fingerprint density at radius 1 is 1.05 bits per heavy atom. The van der Waals surface area contributed by atoms with Gasteiger partial charge < -0.3 is 5.32 Å². The molecular weight excluding hydrogens is 303 g/mol. The third kappa shape index (κ3) is 3.92. The van der Waals surface area contributed by atoms with Crippen LogP contribution in [0.1, 0.15) is 44.1 Å². The molecule has 0 bridgehead atoms. The average molecular weight is 327 g/mol. The third-order valence-electron chi connectivity index (χ3n) is 4.92. The summed E-state index contributed by atoms with van der Waals surface area (Å²) in [4.78, 5) is 2.70. The van der Waals surface area contributed by atoms with E-state index in [0.717, 1.165) is 35.7 Å². The molecule has 1 heterocycles. The van der Waals surface area contributed by atoms with Crippen LogP contribution in [0.5, 0.6) is 0 Å². The molecule has 1 aliphatic carbocycles. The predicted octanol–water partition coefficient (Wildman–Crippen LogP) is 4.49. The van der Waals surface area contributed by atoms with Crippen LogP contribution in [0.25, 0.3) is 0 Å². The Hall–Kier alpha value is -0.280. The monoisotopic (exact) mass is 326 g/mol. The number of nitrogens with one attached hydrogen (secondary N) is 1. The number of hydrogen-bond donors (Lipinski definition) is 1. The molecule has 0 amide bonds. The number of halogens is 2. The van der Waals surface area contributed by atoms with Crippen LogP contribution in [0, 0.1) is 0 Å². The van der Waals surface area contributed by atoms with Gasteiger partial charge in [-0.15, -0.1) is 0 Å². The quantitative estimate of drug-likeness (QED) is 0.876.